The van der Waals surface area contributed by atoms with E-state index in [0.717, 1.165) is 0 Å². The van der Waals surface area contributed by atoms with Crippen LogP contribution in [0.15, 0.2) is 0 Å². The molecule has 0 heterocycles. The van der Waals surface area contributed by atoms with Gasteiger partial charge in [-0.05, 0) is 0 Å². The SMILES string of the molecule is COCCOCC(=O)N(CCC#N)CCC#N. The summed E-state index contributed by atoms with van der Waals surface area (Å²) in [4.78, 5) is 13.1. The lowest BCUT2D eigenvalue weighted by Gasteiger charge is -2.20. The molecule has 0 fully saturated rings. The highest BCUT2D eigenvalue weighted by atomic mass is 16.5. The quantitative estimate of drug-likeness (QED) is 0.540. The molecule has 0 bridgehead atoms. The van der Waals surface area contributed by atoms with Crippen molar-refractivity contribution in [1.82, 2.24) is 4.90 Å². The first-order valence-corrected chi connectivity index (χ1v) is 5.34. The van der Waals surface area contributed by atoms with Crippen LogP contribution in [0.25, 0.3) is 0 Å². The third-order valence-corrected chi connectivity index (χ3v) is 2.00. The van der Waals surface area contributed by atoms with E-state index < -0.39 is 0 Å². The number of ether oxygens (including phenoxy) is 2. The maximum absolute atomic E-state index is 11.7. The Kier molecular flexibility index (Phi) is 9.83. The van der Waals surface area contributed by atoms with E-state index in [2.05, 4.69) is 0 Å². The average Bonchev–Trinajstić information content (AvgIpc) is 2.34. The largest absolute Gasteiger partial charge is 0.382 e. The van der Waals surface area contributed by atoms with Crippen LogP contribution in [0.5, 0.6) is 0 Å². The molecule has 0 aliphatic heterocycles. The van der Waals surface area contributed by atoms with E-state index >= 15 is 0 Å². The molecule has 0 saturated heterocycles. The minimum atomic E-state index is -0.202. The van der Waals surface area contributed by atoms with E-state index in [4.69, 9.17) is 20.0 Å². The lowest BCUT2D eigenvalue weighted by atomic mass is 10.3. The molecule has 6 heteroatoms. The van der Waals surface area contributed by atoms with Crippen molar-refractivity contribution >= 4 is 5.91 Å². The highest BCUT2D eigenvalue weighted by molar-refractivity contribution is 5.77. The maximum Gasteiger partial charge on any atom is 0.248 e. The summed E-state index contributed by atoms with van der Waals surface area (Å²) in [6.07, 6.45) is 0.518. The number of methoxy groups -OCH3 is 1. The number of nitrogens with zero attached hydrogens (tertiary/aromatic N) is 3. The van der Waals surface area contributed by atoms with Crippen LogP contribution < -0.4 is 0 Å². The fraction of sp³-hybridized carbons (Fsp3) is 0.727. The standard InChI is InChI=1S/C11H17N3O3/c1-16-8-9-17-10-11(15)14(6-2-4-12)7-3-5-13/h2-3,6-10H2,1H3. The molecule has 0 rings (SSSR count). The van der Waals surface area contributed by atoms with Gasteiger partial charge in [-0.1, -0.05) is 0 Å². The van der Waals surface area contributed by atoms with E-state index in [1.54, 1.807) is 7.11 Å². The monoisotopic (exact) mass is 239 g/mol. The molecule has 0 spiro atoms. The molecule has 0 atom stereocenters. The topological polar surface area (TPSA) is 86.3 Å². The molecule has 0 aromatic heterocycles. The minimum Gasteiger partial charge on any atom is -0.382 e. The van der Waals surface area contributed by atoms with Gasteiger partial charge < -0.3 is 14.4 Å². The van der Waals surface area contributed by atoms with Gasteiger partial charge in [0.05, 0.1) is 38.2 Å². The first kappa shape index (κ1) is 15.4. The number of hydrogen-bond acceptors (Lipinski definition) is 5. The summed E-state index contributed by atoms with van der Waals surface area (Å²) in [6, 6.07) is 3.94. The smallest absolute Gasteiger partial charge is 0.248 e. The van der Waals surface area contributed by atoms with Crippen molar-refractivity contribution < 1.29 is 14.3 Å². The lowest BCUT2D eigenvalue weighted by Crippen LogP contribution is -2.35. The molecule has 17 heavy (non-hydrogen) atoms. The number of nitriles is 2. The van der Waals surface area contributed by atoms with Crippen LogP contribution in [-0.4, -0.2) is 50.8 Å². The summed E-state index contributed by atoms with van der Waals surface area (Å²) in [5, 5.41) is 16.9. The second-order valence-corrected chi connectivity index (χ2v) is 3.24. The highest BCUT2D eigenvalue weighted by Gasteiger charge is 2.12. The van der Waals surface area contributed by atoms with Gasteiger partial charge in [0.2, 0.25) is 5.91 Å². The summed E-state index contributed by atoms with van der Waals surface area (Å²) in [5.74, 6) is -0.202. The van der Waals surface area contributed by atoms with Gasteiger partial charge in [-0.2, -0.15) is 10.5 Å². The number of amides is 1. The highest BCUT2D eigenvalue weighted by Crippen LogP contribution is 1.96. The second kappa shape index (κ2) is 10.9. The van der Waals surface area contributed by atoms with E-state index in [9.17, 15) is 4.79 Å². The number of carbonyl (C=O) groups is 1. The van der Waals surface area contributed by atoms with Crippen LogP contribution in [0.2, 0.25) is 0 Å². The second-order valence-electron chi connectivity index (χ2n) is 3.24. The van der Waals surface area contributed by atoms with Crippen molar-refractivity contribution in [2.75, 3.05) is 40.0 Å². The Bertz CT molecular complexity index is 275. The zero-order chi connectivity index (χ0) is 12.9. The predicted molar refractivity (Wildman–Crippen MR) is 59.7 cm³/mol. The van der Waals surface area contributed by atoms with Crippen molar-refractivity contribution in [3.63, 3.8) is 0 Å². The van der Waals surface area contributed by atoms with Crippen molar-refractivity contribution in [2.24, 2.45) is 0 Å². The summed E-state index contributed by atoms with van der Waals surface area (Å²) in [6.45, 7) is 1.42. The number of hydrogen-bond donors (Lipinski definition) is 0. The first-order chi connectivity index (χ1) is 8.26. The van der Waals surface area contributed by atoms with Gasteiger partial charge in [0.25, 0.3) is 0 Å². The fourth-order valence-electron chi connectivity index (χ4n) is 1.12. The van der Waals surface area contributed by atoms with Crippen LogP contribution in [0, 0.1) is 22.7 Å². The third kappa shape index (κ3) is 8.21. The average molecular weight is 239 g/mol. The fourth-order valence-corrected chi connectivity index (χ4v) is 1.12. The van der Waals surface area contributed by atoms with Gasteiger partial charge in [0.15, 0.2) is 0 Å². The summed E-state index contributed by atoms with van der Waals surface area (Å²) in [5.41, 5.74) is 0. The minimum absolute atomic E-state index is 0.0415. The summed E-state index contributed by atoms with van der Waals surface area (Å²) in [7, 11) is 1.55. The van der Waals surface area contributed by atoms with Crippen LogP contribution >= 0.6 is 0 Å². The van der Waals surface area contributed by atoms with Crippen LogP contribution in [0.1, 0.15) is 12.8 Å². The molecule has 6 nitrogen and oxygen atoms in total. The molecule has 0 aliphatic rings. The number of rotatable bonds is 9. The summed E-state index contributed by atoms with van der Waals surface area (Å²) < 4.78 is 9.87. The normalized spacial score (nSPS) is 9.35. The van der Waals surface area contributed by atoms with Crippen molar-refractivity contribution in [3.05, 3.63) is 0 Å². The summed E-state index contributed by atoms with van der Waals surface area (Å²) >= 11 is 0. The van der Waals surface area contributed by atoms with Crippen LogP contribution in [0.3, 0.4) is 0 Å². The maximum atomic E-state index is 11.7. The van der Waals surface area contributed by atoms with Crippen molar-refractivity contribution in [3.8, 4) is 12.1 Å². The van der Waals surface area contributed by atoms with Gasteiger partial charge in [-0.15, -0.1) is 0 Å². The Hall–Kier alpha value is -1.63. The van der Waals surface area contributed by atoms with E-state index in [0.29, 0.717) is 26.3 Å². The molecule has 0 unspecified atom stereocenters. The van der Waals surface area contributed by atoms with Crippen molar-refractivity contribution in [1.29, 1.82) is 10.5 Å². The van der Waals surface area contributed by atoms with E-state index in [-0.39, 0.29) is 25.4 Å². The molecule has 0 N–H and O–H groups in total. The molecule has 1 amide bonds. The van der Waals surface area contributed by atoms with Gasteiger partial charge in [-0.25, -0.2) is 0 Å². The molecule has 94 valence electrons. The molecular formula is C11H17N3O3. The lowest BCUT2D eigenvalue weighted by molar-refractivity contribution is -0.136. The van der Waals surface area contributed by atoms with Crippen LogP contribution in [0.4, 0.5) is 0 Å². The zero-order valence-corrected chi connectivity index (χ0v) is 10.0. The van der Waals surface area contributed by atoms with Gasteiger partial charge in [-0.3, -0.25) is 4.79 Å². The van der Waals surface area contributed by atoms with Gasteiger partial charge in [0, 0.05) is 20.2 Å². The first-order valence-electron chi connectivity index (χ1n) is 5.34. The van der Waals surface area contributed by atoms with Gasteiger partial charge >= 0.3 is 0 Å². The van der Waals surface area contributed by atoms with Crippen LogP contribution in [-0.2, 0) is 14.3 Å². The number of carbonyl (C=O) groups excluding carboxylic acids is 1. The van der Waals surface area contributed by atoms with Crippen molar-refractivity contribution in [2.45, 2.75) is 12.8 Å². The molecule has 0 aromatic rings. The Balaban J connectivity index is 3.95. The molecule has 0 aromatic carbocycles. The molecule has 0 aliphatic carbocycles. The molecule has 0 saturated carbocycles. The third-order valence-electron chi connectivity index (χ3n) is 2.00. The van der Waals surface area contributed by atoms with E-state index in [1.165, 1.54) is 4.90 Å². The Morgan fingerprint density at radius 2 is 1.76 bits per heavy atom. The Morgan fingerprint density at radius 3 is 2.24 bits per heavy atom. The van der Waals surface area contributed by atoms with E-state index in [1.807, 2.05) is 12.1 Å². The molecular weight excluding hydrogens is 222 g/mol. The predicted octanol–water partition coefficient (Wildman–Crippen LogP) is 0.305. The zero-order valence-electron chi connectivity index (χ0n) is 10.0. The molecule has 0 radical (unpaired) electrons. The Morgan fingerprint density at radius 1 is 1.18 bits per heavy atom. The Labute approximate surface area is 101 Å². The van der Waals surface area contributed by atoms with Gasteiger partial charge in [0.1, 0.15) is 6.61 Å².